The van der Waals surface area contributed by atoms with E-state index in [-0.39, 0.29) is 6.04 Å². The van der Waals surface area contributed by atoms with Crippen LogP contribution in [0.2, 0.25) is 5.02 Å². The Morgan fingerprint density at radius 2 is 2.11 bits per heavy atom. The van der Waals surface area contributed by atoms with Crippen LogP contribution >= 0.6 is 27.5 Å². The summed E-state index contributed by atoms with van der Waals surface area (Å²) in [6.45, 7) is 0. The first-order valence-electron chi connectivity index (χ1n) is 5.49. The van der Waals surface area contributed by atoms with Gasteiger partial charge in [0.25, 0.3) is 0 Å². The molecule has 0 fully saturated rings. The number of aryl methyl sites for hydroxylation is 1. The van der Waals surface area contributed by atoms with Crippen molar-refractivity contribution >= 4 is 27.5 Å². The van der Waals surface area contributed by atoms with E-state index in [4.69, 9.17) is 17.4 Å². The molecule has 1 aromatic heterocycles. The summed E-state index contributed by atoms with van der Waals surface area (Å²) in [7, 11) is 1.90. The highest BCUT2D eigenvalue weighted by Crippen LogP contribution is 2.25. The molecule has 1 heterocycles. The molecule has 0 bridgehead atoms. The van der Waals surface area contributed by atoms with Crippen molar-refractivity contribution < 1.29 is 0 Å². The third-order valence-electron chi connectivity index (χ3n) is 2.82. The van der Waals surface area contributed by atoms with Gasteiger partial charge in [0.2, 0.25) is 0 Å². The molecule has 3 N–H and O–H groups in total. The standard InChI is InChI=1S/C12H14BrClN4/c1-18-12(10(13)7-16-18)11(17-15)6-8-2-4-9(14)5-3-8/h2-5,7,11,17H,6,15H2,1H3. The summed E-state index contributed by atoms with van der Waals surface area (Å²) in [5.74, 6) is 5.64. The minimum absolute atomic E-state index is 0.00643. The predicted octanol–water partition coefficient (Wildman–Crippen LogP) is 2.58. The quantitative estimate of drug-likeness (QED) is 0.669. The number of hydrogen-bond donors (Lipinski definition) is 2. The van der Waals surface area contributed by atoms with Gasteiger partial charge in [-0.1, -0.05) is 23.7 Å². The summed E-state index contributed by atoms with van der Waals surface area (Å²) in [5.41, 5.74) is 5.01. The Morgan fingerprint density at radius 1 is 1.44 bits per heavy atom. The molecule has 0 saturated heterocycles. The van der Waals surface area contributed by atoms with Gasteiger partial charge in [0.15, 0.2) is 0 Å². The third-order valence-corrected chi connectivity index (χ3v) is 3.68. The van der Waals surface area contributed by atoms with Crippen molar-refractivity contribution in [3.63, 3.8) is 0 Å². The molecule has 0 saturated carbocycles. The van der Waals surface area contributed by atoms with E-state index < -0.39 is 0 Å². The first-order chi connectivity index (χ1) is 8.61. The maximum absolute atomic E-state index is 5.87. The minimum Gasteiger partial charge on any atom is -0.271 e. The number of halogens is 2. The van der Waals surface area contributed by atoms with Gasteiger partial charge in [0.05, 0.1) is 22.4 Å². The molecule has 1 atom stereocenters. The van der Waals surface area contributed by atoms with Crippen molar-refractivity contribution in [3.05, 3.63) is 51.2 Å². The van der Waals surface area contributed by atoms with Gasteiger partial charge in [-0.05, 0) is 40.0 Å². The van der Waals surface area contributed by atoms with Crippen LogP contribution < -0.4 is 11.3 Å². The Bertz CT molecular complexity index is 504. The molecule has 1 unspecified atom stereocenters. The largest absolute Gasteiger partial charge is 0.271 e. The lowest BCUT2D eigenvalue weighted by atomic mass is 10.0. The lowest BCUT2D eigenvalue weighted by Gasteiger charge is -2.17. The van der Waals surface area contributed by atoms with Crippen molar-refractivity contribution in [2.45, 2.75) is 12.5 Å². The van der Waals surface area contributed by atoms with E-state index in [1.165, 1.54) is 0 Å². The summed E-state index contributed by atoms with van der Waals surface area (Å²) >= 11 is 9.35. The molecule has 0 aliphatic heterocycles. The van der Waals surface area contributed by atoms with Crippen LogP contribution in [0.4, 0.5) is 0 Å². The fourth-order valence-corrected chi connectivity index (χ4v) is 2.65. The molecule has 0 aliphatic rings. The van der Waals surface area contributed by atoms with Crippen LogP contribution in [0.25, 0.3) is 0 Å². The summed E-state index contributed by atoms with van der Waals surface area (Å²) in [6, 6.07) is 7.74. The number of nitrogens with one attached hydrogen (secondary N) is 1. The van der Waals surface area contributed by atoms with Gasteiger partial charge in [-0.3, -0.25) is 16.0 Å². The average molecular weight is 330 g/mol. The molecule has 96 valence electrons. The number of benzene rings is 1. The zero-order chi connectivity index (χ0) is 13.1. The number of aromatic nitrogens is 2. The SMILES string of the molecule is Cn1ncc(Br)c1C(Cc1ccc(Cl)cc1)NN. The van der Waals surface area contributed by atoms with Gasteiger partial charge in [-0.25, -0.2) is 0 Å². The van der Waals surface area contributed by atoms with Gasteiger partial charge in [-0.15, -0.1) is 0 Å². The summed E-state index contributed by atoms with van der Waals surface area (Å²) in [5, 5.41) is 4.93. The molecule has 4 nitrogen and oxygen atoms in total. The number of hydrazine groups is 1. The number of nitrogens with two attached hydrogens (primary N) is 1. The Morgan fingerprint density at radius 3 is 2.61 bits per heavy atom. The van der Waals surface area contributed by atoms with Crippen molar-refractivity contribution in [2.75, 3.05) is 0 Å². The van der Waals surface area contributed by atoms with E-state index in [1.54, 1.807) is 6.20 Å². The second-order valence-corrected chi connectivity index (χ2v) is 5.34. The zero-order valence-corrected chi connectivity index (χ0v) is 12.2. The fraction of sp³-hybridized carbons (Fsp3) is 0.250. The lowest BCUT2D eigenvalue weighted by molar-refractivity contribution is 0.506. The maximum atomic E-state index is 5.87. The van der Waals surface area contributed by atoms with Crippen LogP contribution in [-0.4, -0.2) is 9.78 Å². The molecule has 0 amide bonds. The van der Waals surface area contributed by atoms with Crippen LogP contribution in [-0.2, 0) is 13.5 Å². The van der Waals surface area contributed by atoms with Crippen LogP contribution in [0, 0.1) is 0 Å². The zero-order valence-electron chi connectivity index (χ0n) is 9.90. The monoisotopic (exact) mass is 328 g/mol. The molecule has 6 heteroatoms. The number of rotatable bonds is 4. The molecule has 0 spiro atoms. The van der Waals surface area contributed by atoms with Gasteiger partial charge < -0.3 is 0 Å². The van der Waals surface area contributed by atoms with Gasteiger partial charge in [-0.2, -0.15) is 5.10 Å². The summed E-state index contributed by atoms with van der Waals surface area (Å²) < 4.78 is 2.76. The topological polar surface area (TPSA) is 55.9 Å². The predicted molar refractivity (Wildman–Crippen MR) is 76.1 cm³/mol. The lowest BCUT2D eigenvalue weighted by Crippen LogP contribution is -2.31. The molecule has 2 aromatic rings. The van der Waals surface area contributed by atoms with Crippen molar-refractivity contribution in [1.82, 2.24) is 15.2 Å². The highest BCUT2D eigenvalue weighted by atomic mass is 79.9. The first-order valence-corrected chi connectivity index (χ1v) is 6.67. The smallest absolute Gasteiger partial charge is 0.0709 e. The van der Waals surface area contributed by atoms with E-state index in [0.29, 0.717) is 0 Å². The van der Waals surface area contributed by atoms with Gasteiger partial charge >= 0.3 is 0 Å². The van der Waals surface area contributed by atoms with E-state index in [1.807, 2.05) is 36.0 Å². The van der Waals surface area contributed by atoms with Crippen LogP contribution in [0.5, 0.6) is 0 Å². The second kappa shape index (κ2) is 5.84. The first kappa shape index (κ1) is 13.5. The fourth-order valence-electron chi connectivity index (χ4n) is 1.90. The highest BCUT2D eigenvalue weighted by molar-refractivity contribution is 9.10. The molecule has 0 aliphatic carbocycles. The maximum Gasteiger partial charge on any atom is 0.0709 e. The normalized spacial score (nSPS) is 12.7. The molecule has 1 aromatic carbocycles. The van der Waals surface area contributed by atoms with Gasteiger partial charge in [0, 0.05) is 12.1 Å². The van der Waals surface area contributed by atoms with Crippen molar-refractivity contribution in [3.8, 4) is 0 Å². The molecule has 0 radical (unpaired) electrons. The Balaban J connectivity index is 2.22. The highest BCUT2D eigenvalue weighted by Gasteiger charge is 2.17. The number of nitrogens with zero attached hydrogens (tertiary/aromatic N) is 2. The molecule has 18 heavy (non-hydrogen) atoms. The van der Waals surface area contributed by atoms with Crippen LogP contribution in [0.3, 0.4) is 0 Å². The Kier molecular flexibility index (Phi) is 4.40. The van der Waals surface area contributed by atoms with Crippen molar-refractivity contribution in [2.24, 2.45) is 12.9 Å². The summed E-state index contributed by atoms with van der Waals surface area (Å²) in [4.78, 5) is 0. The molecular weight excluding hydrogens is 316 g/mol. The third kappa shape index (κ3) is 2.92. The minimum atomic E-state index is -0.00643. The van der Waals surface area contributed by atoms with E-state index >= 15 is 0 Å². The van der Waals surface area contributed by atoms with Crippen molar-refractivity contribution in [1.29, 1.82) is 0 Å². The van der Waals surface area contributed by atoms with E-state index in [2.05, 4.69) is 26.5 Å². The molecular formula is C12H14BrClN4. The van der Waals surface area contributed by atoms with Crippen LogP contribution in [0.1, 0.15) is 17.3 Å². The van der Waals surface area contributed by atoms with E-state index in [9.17, 15) is 0 Å². The average Bonchev–Trinajstić information content (AvgIpc) is 2.69. The van der Waals surface area contributed by atoms with E-state index in [0.717, 1.165) is 27.2 Å². The number of hydrogen-bond acceptors (Lipinski definition) is 3. The summed E-state index contributed by atoms with van der Waals surface area (Å²) in [6.07, 6.45) is 2.54. The Hall–Kier alpha value is -0.880. The van der Waals surface area contributed by atoms with Gasteiger partial charge in [0.1, 0.15) is 0 Å². The second-order valence-electron chi connectivity index (χ2n) is 4.05. The van der Waals surface area contributed by atoms with Crippen LogP contribution in [0.15, 0.2) is 34.9 Å². The Labute approximate surface area is 119 Å². The molecule has 2 rings (SSSR count).